The van der Waals surface area contributed by atoms with Gasteiger partial charge in [-0.05, 0) is 24.1 Å². The molecule has 1 aliphatic rings. The number of benzene rings is 2. The lowest BCUT2D eigenvalue weighted by Gasteiger charge is -2.16. The molecule has 4 nitrogen and oxygen atoms in total. The fourth-order valence-electron chi connectivity index (χ4n) is 3.31. The molecule has 0 saturated heterocycles. The molecular weight excluding hydrogens is 288 g/mol. The van der Waals surface area contributed by atoms with Gasteiger partial charge >= 0.3 is 0 Å². The molecule has 2 aromatic carbocycles. The zero-order valence-electron chi connectivity index (χ0n) is 12.8. The van der Waals surface area contributed by atoms with Gasteiger partial charge in [-0.25, -0.2) is 0 Å². The summed E-state index contributed by atoms with van der Waals surface area (Å²) in [5.74, 6) is -0.145. The first-order chi connectivity index (χ1) is 11.2. The highest BCUT2D eigenvalue weighted by atomic mass is 16.2. The van der Waals surface area contributed by atoms with Crippen LogP contribution in [0.4, 0.5) is 5.69 Å². The molecule has 0 atom stereocenters. The van der Waals surface area contributed by atoms with E-state index in [1.165, 1.54) is 12.5 Å². The Morgan fingerprint density at radius 3 is 2.57 bits per heavy atom. The lowest BCUT2D eigenvalue weighted by Crippen LogP contribution is -2.28. The average Bonchev–Trinajstić information content (AvgIpc) is 3.16. The number of aromatic nitrogens is 1. The molecule has 2 heterocycles. The number of hydrogen-bond donors (Lipinski definition) is 0. The molecule has 23 heavy (non-hydrogen) atoms. The second kappa shape index (κ2) is 5.09. The third-order valence-electron chi connectivity index (χ3n) is 4.41. The first-order valence-electron chi connectivity index (χ1n) is 7.67. The largest absolute Gasteiger partial charge is 0.308 e. The van der Waals surface area contributed by atoms with Crippen molar-refractivity contribution in [2.75, 3.05) is 11.4 Å². The van der Waals surface area contributed by atoms with Gasteiger partial charge in [0.25, 0.3) is 5.91 Å². The fourth-order valence-corrected chi connectivity index (χ4v) is 3.31. The molecule has 0 fully saturated rings. The van der Waals surface area contributed by atoms with Crippen LogP contribution in [0.1, 0.15) is 27.6 Å². The van der Waals surface area contributed by atoms with Crippen molar-refractivity contribution in [2.24, 2.45) is 0 Å². The molecule has 0 unspecified atom stereocenters. The third-order valence-corrected chi connectivity index (χ3v) is 4.41. The number of anilines is 1. The SMILES string of the molecule is CC(=O)n1cc(C(=O)N2CCc3ccccc32)c2ccccc21. The average molecular weight is 304 g/mol. The minimum atomic E-state index is -0.0953. The summed E-state index contributed by atoms with van der Waals surface area (Å²) >= 11 is 0. The number of rotatable bonds is 1. The molecule has 1 aromatic heterocycles. The highest BCUT2D eigenvalue weighted by Gasteiger charge is 2.27. The molecule has 4 heteroatoms. The standard InChI is InChI=1S/C19H16N2O2/c1-13(22)21-12-16(15-7-3-5-9-18(15)21)19(23)20-11-10-14-6-2-4-8-17(14)20/h2-9,12H,10-11H2,1H3. The van der Waals surface area contributed by atoms with Crippen LogP contribution >= 0.6 is 0 Å². The van der Waals surface area contributed by atoms with E-state index in [2.05, 4.69) is 6.07 Å². The quantitative estimate of drug-likeness (QED) is 0.690. The highest BCUT2D eigenvalue weighted by molar-refractivity contribution is 6.16. The molecule has 0 spiro atoms. The Morgan fingerprint density at radius 1 is 1.00 bits per heavy atom. The fraction of sp³-hybridized carbons (Fsp3) is 0.158. The van der Waals surface area contributed by atoms with Crippen molar-refractivity contribution in [1.29, 1.82) is 0 Å². The monoisotopic (exact) mass is 304 g/mol. The number of carbonyl (C=O) groups excluding carboxylic acids is 2. The number of hydrogen-bond acceptors (Lipinski definition) is 2. The number of amides is 1. The predicted octanol–water partition coefficient (Wildman–Crippen LogP) is 3.50. The summed E-state index contributed by atoms with van der Waals surface area (Å²) in [5, 5.41) is 0.817. The summed E-state index contributed by atoms with van der Waals surface area (Å²) in [6, 6.07) is 15.5. The molecule has 1 amide bonds. The number of para-hydroxylation sites is 2. The molecule has 0 bridgehead atoms. The zero-order chi connectivity index (χ0) is 16.0. The van der Waals surface area contributed by atoms with E-state index < -0.39 is 0 Å². The van der Waals surface area contributed by atoms with Gasteiger partial charge in [0.2, 0.25) is 5.91 Å². The Kier molecular flexibility index (Phi) is 3.05. The summed E-state index contributed by atoms with van der Waals surface area (Å²) in [7, 11) is 0. The first kappa shape index (κ1) is 13.8. The van der Waals surface area contributed by atoms with Gasteiger partial charge in [0, 0.05) is 30.7 Å². The number of nitrogens with zero attached hydrogens (tertiary/aromatic N) is 2. The van der Waals surface area contributed by atoms with Gasteiger partial charge < -0.3 is 4.90 Å². The Morgan fingerprint density at radius 2 is 1.74 bits per heavy atom. The van der Waals surface area contributed by atoms with Gasteiger partial charge in [-0.3, -0.25) is 14.2 Å². The van der Waals surface area contributed by atoms with Crippen molar-refractivity contribution in [3.05, 3.63) is 65.9 Å². The van der Waals surface area contributed by atoms with Crippen LogP contribution in [-0.4, -0.2) is 22.9 Å². The third kappa shape index (κ3) is 2.06. The summed E-state index contributed by atoms with van der Waals surface area (Å²) in [6.07, 6.45) is 2.53. The zero-order valence-corrected chi connectivity index (χ0v) is 12.8. The highest BCUT2D eigenvalue weighted by Crippen LogP contribution is 2.31. The lowest BCUT2D eigenvalue weighted by atomic mass is 10.1. The normalized spacial score (nSPS) is 13.3. The summed E-state index contributed by atoms with van der Waals surface area (Å²) < 4.78 is 1.55. The van der Waals surface area contributed by atoms with Crippen molar-refractivity contribution in [3.8, 4) is 0 Å². The molecule has 0 aliphatic carbocycles. The van der Waals surface area contributed by atoms with Crippen molar-refractivity contribution in [1.82, 2.24) is 4.57 Å². The molecule has 0 radical (unpaired) electrons. The molecule has 1 aliphatic heterocycles. The molecule has 114 valence electrons. The maximum atomic E-state index is 13.1. The van der Waals surface area contributed by atoms with Crippen molar-refractivity contribution in [2.45, 2.75) is 13.3 Å². The van der Waals surface area contributed by atoms with Crippen LogP contribution in [-0.2, 0) is 6.42 Å². The Labute approximate surface area is 133 Å². The van der Waals surface area contributed by atoms with E-state index in [1.807, 2.05) is 47.4 Å². The van der Waals surface area contributed by atoms with Crippen LogP contribution in [0.25, 0.3) is 10.9 Å². The minimum Gasteiger partial charge on any atom is -0.308 e. The van der Waals surface area contributed by atoms with Gasteiger partial charge in [-0.2, -0.15) is 0 Å². The topological polar surface area (TPSA) is 42.3 Å². The van der Waals surface area contributed by atoms with E-state index in [0.29, 0.717) is 12.1 Å². The number of fused-ring (bicyclic) bond motifs is 2. The molecule has 3 aromatic rings. The molecule has 0 N–H and O–H groups in total. The second-order valence-corrected chi connectivity index (χ2v) is 5.78. The van der Waals surface area contributed by atoms with Gasteiger partial charge in [0.1, 0.15) is 0 Å². The Balaban J connectivity index is 1.84. The van der Waals surface area contributed by atoms with Gasteiger partial charge in [-0.15, -0.1) is 0 Å². The van der Waals surface area contributed by atoms with Gasteiger partial charge in [-0.1, -0.05) is 36.4 Å². The van der Waals surface area contributed by atoms with Crippen LogP contribution in [0.15, 0.2) is 54.7 Å². The van der Waals surface area contributed by atoms with Crippen LogP contribution < -0.4 is 4.90 Å². The predicted molar refractivity (Wildman–Crippen MR) is 90.1 cm³/mol. The van der Waals surface area contributed by atoms with Gasteiger partial charge in [0.15, 0.2) is 0 Å². The van der Waals surface area contributed by atoms with E-state index in [0.717, 1.165) is 23.0 Å². The van der Waals surface area contributed by atoms with Gasteiger partial charge in [0.05, 0.1) is 11.1 Å². The van der Waals surface area contributed by atoms with Crippen LogP contribution in [0, 0.1) is 0 Å². The number of carbonyl (C=O) groups is 2. The van der Waals surface area contributed by atoms with Crippen LogP contribution in [0.2, 0.25) is 0 Å². The van der Waals surface area contributed by atoms with Crippen molar-refractivity contribution < 1.29 is 9.59 Å². The lowest BCUT2D eigenvalue weighted by molar-refractivity contribution is 0.0941. The van der Waals surface area contributed by atoms with E-state index in [1.54, 1.807) is 10.8 Å². The smallest absolute Gasteiger partial charge is 0.260 e. The van der Waals surface area contributed by atoms with Crippen molar-refractivity contribution >= 4 is 28.4 Å². The van der Waals surface area contributed by atoms with E-state index in [4.69, 9.17) is 0 Å². The second-order valence-electron chi connectivity index (χ2n) is 5.78. The summed E-state index contributed by atoms with van der Waals surface area (Å²) in [4.78, 5) is 26.7. The first-order valence-corrected chi connectivity index (χ1v) is 7.67. The van der Waals surface area contributed by atoms with Crippen LogP contribution in [0.3, 0.4) is 0 Å². The minimum absolute atomic E-state index is 0.0499. The molecule has 0 saturated carbocycles. The summed E-state index contributed by atoms with van der Waals surface area (Å²) in [5.41, 5.74) is 3.51. The van der Waals surface area contributed by atoms with Crippen LogP contribution in [0.5, 0.6) is 0 Å². The maximum absolute atomic E-state index is 13.1. The van der Waals surface area contributed by atoms with Crippen molar-refractivity contribution in [3.63, 3.8) is 0 Å². The van der Waals surface area contributed by atoms with E-state index >= 15 is 0 Å². The Bertz CT molecular complexity index is 939. The molecule has 4 rings (SSSR count). The Hall–Kier alpha value is -2.88. The summed E-state index contributed by atoms with van der Waals surface area (Å²) in [6.45, 7) is 2.18. The van der Waals surface area contributed by atoms with E-state index in [9.17, 15) is 9.59 Å². The molecular formula is C19H16N2O2. The van der Waals surface area contributed by atoms with E-state index in [-0.39, 0.29) is 11.8 Å². The maximum Gasteiger partial charge on any atom is 0.260 e.